The van der Waals surface area contributed by atoms with E-state index in [2.05, 4.69) is 20.6 Å². The molecule has 0 radical (unpaired) electrons. The van der Waals surface area contributed by atoms with E-state index in [9.17, 15) is 9.59 Å². The normalized spacial score (nSPS) is 11.0. The molecule has 2 N–H and O–H groups in total. The average molecular weight is 399 g/mol. The Bertz CT molecular complexity index is 909. The van der Waals surface area contributed by atoms with Gasteiger partial charge < -0.3 is 15.0 Å². The predicted molar refractivity (Wildman–Crippen MR) is 115 cm³/mol. The van der Waals surface area contributed by atoms with Crippen LogP contribution in [0.2, 0.25) is 0 Å². The van der Waals surface area contributed by atoms with E-state index in [-0.39, 0.29) is 11.9 Å². The van der Waals surface area contributed by atoms with E-state index < -0.39 is 11.7 Å². The summed E-state index contributed by atoms with van der Waals surface area (Å²) in [5, 5.41) is 5.41. The fourth-order valence-corrected chi connectivity index (χ4v) is 2.72. The molecule has 29 heavy (non-hydrogen) atoms. The van der Waals surface area contributed by atoms with Crippen LogP contribution < -0.4 is 15.5 Å². The van der Waals surface area contributed by atoms with Crippen molar-refractivity contribution >= 4 is 29.3 Å². The topological polar surface area (TPSA) is 96.5 Å². The molecule has 0 saturated heterocycles. The molecule has 1 heterocycles. The van der Waals surface area contributed by atoms with Gasteiger partial charge in [0.15, 0.2) is 0 Å². The number of aryl methyl sites for hydroxylation is 3. The second-order valence-electron chi connectivity index (χ2n) is 8.12. The van der Waals surface area contributed by atoms with Crippen LogP contribution in [-0.4, -0.2) is 41.7 Å². The van der Waals surface area contributed by atoms with Gasteiger partial charge in [-0.25, -0.2) is 14.8 Å². The molecule has 0 unspecified atom stereocenters. The van der Waals surface area contributed by atoms with Crippen LogP contribution >= 0.6 is 0 Å². The van der Waals surface area contributed by atoms with Crippen molar-refractivity contribution in [3.8, 4) is 0 Å². The number of nitrogens with zero attached hydrogens (tertiary/aromatic N) is 3. The van der Waals surface area contributed by atoms with Crippen LogP contribution in [0.25, 0.3) is 0 Å². The Morgan fingerprint density at radius 3 is 2.10 bits per heavy atom. The van der Waals surface area contributed by atoms with Crippen molar-refractivity contribution in [2.45, 2.75) is 47.1 Å². The number of hydrogen-bond acceptors (Lipinski definition) is 6. The summed E-state index contributed by atoms with van der Waals surface area (Å²) in [5.74, 6) is -0.230. The first-order chi connectivity index (χ1) is 13.4. The molecule has 2 rings (SSSR count). The SMILES string of the molecule is Cc1cc(N(C)C)cc(C)c1NC(=O)c1cnc(NC(=O)OC(C)(C)C)nc1C. The highest BCUT2D eigenvalue weighted by Crippen LogP contribution is 2.27. The summed E-state index contributed by atoms with van der Waals surface area (Å²) in [6, 6.07) is 4.03. The maximum atomic E-state index is 12.8. The third-order valence-electron chi connectivity index (χ3n) is 4.11. The zero-order chi connectivity index (χ0) is 21.9. The summed E-state index contributed by atoms with van der Waals surface area (Å²) in [6.07, 6.45) is 0.741. The van der Waals surface area contributed by atoms with Gasteiger partial charge in [-0.05, 0) is 64.8 Å². The van der Waals surface area contributed by atoms with E-state index in [1.807, 2.05) is 45.0 Å². The lowest BCUT2D eigenvalue weighted by Crippen LogP contribution is -2.28. The second kappa shape index (κ2) is 8.46. The highest BCUT2D eigenvalue weighted by molar-refractivity contribution is 6.05. The van der Waals surface area contributed by atoms with Crippen LogP contribution in [0.15, 0.2) is 18.3 Å². The summed E-state index contributed by atoms with van der Waals surface area (Å²) in [5.41, 5.74) is 3.90. The van der Waals surface area contributed by atoms with E-state index in [1.54, 1.807) is 27.7 Å². The molecule has 0 bridgehead atoms. The Morgan fingerprint density at radius 2 is 1.62 bits per heavy atom. The Balaban J connectivity index is 2.17. The standard InChI is InChI=1S/C21H29N5O3/c1-12-9-15(26(7)8)10-13(2)17(12)24-18(27)16-11-22-19(23-14(16)3)25-20(28)29-21(4,5)6/h9-11H,1-8H3,(H,24,27)(H,22,23,25,28). The molecular weight excluding hydrogens is 370 g/mol. The number of benzene rings is 1. The Hall–Kier alpha value is -3.16. The van der Waals surface area contributed by atoms with Crippen LogP contribution in [0.3, 0.4) is 0 Å². The van der Waals surface area contributed by atoms with Crippen molar-refractivity contribution in [3.05, 3.63) is 40.7 Å². The molecule has 0 aliphatic carbocycles. The minimum Gasteiger partial charge on any atom is -0.444 e. The van der Waals surface area contributed by atoms with Gasteiger partial charge in [-0.2, -0.15) is 0 Å². The van der Waals surface area contributed by atoms with Gasteiger partial charge in [0.2, 0.25) is 5.95 Å². The molecule has 2 aromatic rings. The lowest BCUT2D eigenvalue weighted by atomic mass is 10.1. The van der Waals surface area contributed by atoms with Gasteiger partial charge in [0.25, 0.3) is 5.91 Å². The number of carbonyl (C=O) groups excluding carboxylic acids is 2. The quantitative estimate of drug-likeness (QED) is 0.805. The van der Waals surface area contributed by atoms with Gasteiger partial charge in [-0.1, -0.05) is 0 Å². The molecule has 2 amide bonds. The van der Waals surface area contributed by atoms with E-state index in [4.69, 9.17) is 4.74 Å². The molecule has 0 aliphatic heterocycles. The summed E-state index contributed by atoms with van der Waals surface area (Å²) in [6.45, 7) is 10.9. The minimum atomic E-state index is -0.652. The van der Waals surface area contributed by atoms with Crippen molar-refractivity contribution in [2.75, 3.05) is 29.6 Å². The summed E-state index contributed by atoms with van der Waals surface area (Å²) in [7, 11) is 3.94. The number of amides is 2. The number of anilines is 3. The monoisotopic (exact) mass is 399 g/mol. The maximum Gasteiger partial charge on any atom is 0.414 e. The van der Waals surface area contributed by atoms with Gasteiger partial charge in [0, 0.05) is 31.7 Å². The van der Waals surface area contributed by atoms with Crippen molar-refractivity contribution < 1.29 is 14.3 Å². The van der Waals surface area contributed by atoms with Crippen molar-refractivity contribution in [1.82, 2.24) is 9.97 Å². The van der Waals surface area contributed by atoms with Gasteiger partial charge in [0.1, 0.15) is 5.60 Å². The molecular formula is C21H29N5O3. The van der Waals surface area contributed by atoms with E-state index >= 15 is 0 Å². The van der Waals surface area contributed by atoms with Gasteiger partial charge in [-0.3, -0.25) is 10.1 Å². The summed E-state index contributed by atoms with van der Waals surface area (Å²) in [4.78, 5) is 34.9. The first kappa shape index (κ1) is 22.1. The molecule has 156 valence electrons. The zero-order valence-corrected chi connectivity index (χ0v) is 18.3. The van der Waals surface area contributed by atoms with Crippen molar-refractivity contribution in [2.24, 2.45) is 0 Å². The highest BCUT2D eigenvalue weighted by atomic mass is 16.6. The number of aromatic nitrogens is 2. The van der Waals surface area contributed by atoms with Crippen LogP contribution in [0.4, 0.5) is 22.1 Å². The lowest BCUT2D eigenvalue weighted by molar-refractivity contribution is 0.0634. The molecule has 1 aromatic carbocycles. The van der Waals surface area contributed by atoms with Crippen molar-refractivity contribution in [1.29, 1.82) is 0 Å². The van der Waals surface area contributed by atoms with Crippen LogP contribution in [0, 0.1) is 20.8 Å². The number of hydrogen-bond donors (Lipinski definition) is 2. The highest BCUT2D eigenvalue weighted by Gasteiger charge is 2.19. The molecule has 0 saturated carbocycles. The average Bonchev–Trinajstić information content (AvgIpc) is 2.55. The maximum absolute atomic E-state index is 12.8. The molecule has 1 aromatic heterocycles. The first-order valence-electron chi connectivity index (χ1n) is 9.31. The Morgan fingerprint density at radius 1 is 1.03 bits per heavy atom. The van der Waals surface area contributed by atoms with Crippen molar-refractivity contribution in [3.63, 3.8) is 0 Å². The third kappa shape index (κ3) is 5.91. The molecule has 0 fully saturated rings. The van der Waals surface area contributed by atoms with E-state index in [1.165, 1.54) is 6.20 Å². The molecule has 8 nitrogen and oxygen atoms in total. The Labute approximate surface area is 171 Å². The summed E-state index contributed by atoms with van der Waals surface area (Å²) >= 11 is 0. The Kier molecular flexibility index (Phi) is 6.46. The number of nitrogens with one attached hydrogen (secondary N) is 2. The number of ether oxygens (including phenoxy) is 1. The smallest absolute Gasteiger partial charge is 0.414 e. The van der Waals surface area contributed by atoms with Crippen LogP contribution in [-0.2, 0) is 4.74 Å². The van der Waals surface area contributed by atoms with Gasteiger partial charge in [-0.15, -0.1) is 0 Å². The van der Waals surface area contributed by atoms with Crippen LogP contribution in [0.5, 0.6) is 0 Å². The van der Waals surface area contributed by atoms with Gasteiger partial charge in [0.05, 0.1) is 11.3 Å². The number of carbonyl (C=O) groups is 2. The second-order valence-corrected chi connectivity index (χ2v) is 8.12. The van der Waals surface area contributed by atoms with Gasteiger partial charge >= 0.3 is 6.09 Å². The molecule has 0 aliphatic rings. The lowest BCUT2D eigenvalue weighted by Gasteiger charge is -2.19. The largest absolute Gasteiger partial charge is 0.444 e. The van der Waals surface area contributed by atoms with E-state index in [0.717, 1.165) is 22.5 Å². The van der Waals surface area contributed by atoms with E-state index in [0.29, 0.717) is 11.3 Å². The molecule has 0 atom stereocenters. The molecule has 8 heteroatoms. The minimum absolute atomic E-state index is 0.0796. The van der Waals surface area contributed by atoms with Crippen LogP contribution in [0.1, 0.15) is 48.0 Å². The first-order valence-corrected chi connectivity index (χ1v) is 9.31. The summed E-state index contributed by atoms with van der Waals surface area (Å²) < 4.78 is 5.18. The fraction of sp³-hybridized carbons (Fsp3) is 0.429. The zero-order valence-electron chi connectivity index (χ0n) is 18.3. The fourth-order valence-electron chi connectivity index (χ4n) is 2.72. The molecule has 0 spiro atoms. The predicted octanol–water partition coefficient (Wildman–Crippen LogP) is 4.07. The number of rotatable bonds is 4. The third-order valence-corrected chi connectivity index (χ3v) is 4.11.